The topological polar surface area (TPSA) is 71.8 Å². The Bertz CT molecular complexity index is 1210. The van der Waals surface area contributed by atoms with E-state index in [9.17, 15) is 9.59 Å². The lowest BCUT2D eigenvalue weighted by molar-refractivity contribution is 0.0695. The van der Waals surface area contributed by atoms with Gasteiger partial charge < -0.3 is 14.4 Å². The van der Waals surface area contributed by atoms with E-state index in [1.165, 1.54) is 24.3 Å². The summed E-state index contributed by atoms with van der Waals surface area (Å²) in [5.74, 6) is 5.96. The molecule has 0 saturated carbocycles. The molecule has 0 unspecified atom stereocenters. The van der Waals surface area contributed by atoms with Crippen LogP contribution in [0.5, 0.6) is 5.75 Å². The highest BCUT2D eigenvalue weighted by molar-refractivity contribution is 5.96. The predicted molar refractivity (Wildman–Crippen MR) is 117 cm³/mol. The van der Waals surface area contributed by atoms with Gasteiger partial charge in [0.05, 0.1) is 12.7 Å². The summed E-state index contributed by atoms with van der Waals surface area (Å²) in [5.41, 5.74) is 3.55. The minimum absolute atomic E-state index is 0.149. The molecule has 0 atom stereocenters. The fraction of sp³-hybridized carbons (Fsp3) is 0.120. The Morgan fingerprint density at radius 2 is 1.77 bits per heavy atom. The molecule has 154 valence electrons. The number of amides is 1. The number of fused-ring (bicyclic) bond motifs is 1. The monoisotopic (exact) mass is 412 g/mol. The van der Waals surface area contributed by atoms with E-state index in [1.807, 2.05) is 47.2 Å². The van der Waals surface area contributed by atoms with Gasteiger partial charge >= 0.3 is 5.97 Å². The zero-order valence-corrected chi connectivity index (χ0v) is 16.9. The molecule has 1 aliphatic rings. The summed E-state index contributed by atoms with van der Waals surface area (Å²) in [7, 11) is 1.64. The van der Waals surface area contributed by atoms with Crippen molar-refractivity contribution in [1.29, 1.82) is 0 Å². The fourth-order valence-corrected chi connectivity index (χ4v) is 3.28. The summed E-state index contributed by atoms with van der Waals surface area (Å²) in [4.78, 5) is 25.3. The van der Waals surface area contributed by atoms with Crippen LogP contribution in [0.1, 0.15) is 37.5 Å². The van der Waals surface area contributed by atoms with Crippen LogP contribution in [0.4, 0.5) is 0 Å². The van der Waals surface area contributed by atoms with Crippen molar-refractivity contribution < 1.29 is 19.4 Å². The number of benzene rings is 2. The first-order chi connectivity index (χ1) is 15.0. The van der Waals surface area contributed by atoms with Gasteiger partial charge in [0, 0.05) is 35.6 Å². The highest BCUT2D eigenvalue weighted by Crippen LogP contribution is 2.19. The molecule has 0 fully saturated rings. The Balaban J connectivity index is 1.42. The molecule has 1 aliphatic heterocycles. The summed E-state index contributed by atoms with van der Waals surface area (Å²) < 4.78 is 7.12. The second-order valence-electron chi connectivity index (χ2n) is 7.06. The maximum atomic E-state index is 12.7. The molecule has 6 nitrogen and oxygen atoms in total. The van der Waals surface area contributed by atoms with Crippen molar-refractivity contribution >= 4 is 18.0 Å². The number of methoxy groups -OCH3 is 1. The van der Waals surface area contributed by atoms with Crippen molar-refractivity contribution in [3.63, 3.8) is 0 Å². The molecule has 3 aromatic rings. The molecule has 2 aromatic carbocycles. The molecule has 4 rings (SSSR count). The third kappa shape index (κ3) is 4.51. The van der Waals surface area contributed by atoms with Gasteiger partial charge in [0.15, 0.2) is 0 Å². The van der Waals surface area contributed by atoms with E-state index in [2.05, 4.69) is 11.8 Å². The van der Waals surface area contributed by atoms with Crippen LogP contribution in [-0.4, -0.2) is 33.6 Å². The van der Waals surface area contributed by atoms with Crippen LogP contribution in [0.2, 0.25) is 0 Å². The number of aromatic nitrogens is 1. The van der Waals surface area contributed by atoms with Crippen LogP contribution in [0, 0.1) is 11.8 Å². The summed E-state index contributed by atoms with van der Waals surface area (Å²) in [6, 6.07) is 15.7. The van der Waals surface area contributed by atoms with Gasteiger partial charge in [0.2, 0.25) is 0 Å². The number of carbonyl (C=O) groups excluding carboxylic acids is 1. The van der Waals surface area contributed by atoms with Crippen LogP contribution in [0.15, 0.2) is 67.0 Å². The van der Waals surface area contributed by atoms with E-state index in [0.29, 0.717) is 18.7 Å². The van der Waals surface area contributed by atoms with Gasteiger partial charge in [0.1, 0.15) is 12.4 Å². The second kappa shape index (κ2) is 8.64. The van der Waals surface area contributed by atoms with E-state index in [-0.39, 0.29) is 11.5 Å². The highest BCUT2D eigenvalue weighted by Gasteiger charge is 2.18. The average Bonchev–Trinajstić information content (AvgIpc) is 3.21. The smallest absolute Gasteiger partial charge is 0.335 e. The standard InChI is InChI=1S/C25H20N2O4/c1-31-23-11-5-18(6-12-23)3-2-4-19-15-22-13-14-26(17-27(22)16-19)24(28)20-7-9-21(10-8-20)25(29)30/h5-16H,3,17H2,1H3,(H,29,30). The fourth-order valence-electron chi connectivity index (χ4n) is 3.28. The van der Waals surface area contributed by atoms with Crippen molar-refractivity contribution in [2.24, 2.45) is 0 Å². The highest BCUT2D eigenvalue weighted by atomic mass is 16.5. The minimum Gasteiger partial charge on any atom is -0.497 e. The summed E-state index contributed by atoms with van der Waals surface area (Å²) >= 11 is 0. The molecule has 1 aromatic heterocycles. The van der Waals surface area contributed by atoms with Crippen LogP contribution in [0.3, 0.4) is 0 Å². The van der Waals surface area contributed by atoms with Crippen molar-refractivity contribution in [1.82, 2.24) is 9.47 Å². The summed E-state index contributed by atoms with van der Waals surface area (Å²) in [5, 5.41) is 9.00. The van der Waals surface area contributed by atoms with Crippen molar-refractivity contribution in [3.05, 3.63) is 94.9 Å². The first-order valence-corrected chi connectivity index (χ1v) is 9.68. The molecular weight excluding hydrogens is 392 g/mol. The van der Waals surface area contributed by atoms with E-state index in [4.69, 9.17) is 9.84 Å². The van der Waals surface area contributed by atoms with Crippen molar-refractivity contribution in [2.45, 2.75) is 13.1 Å². The Morgan fingerprint density at radius 1 is 1.06 bits per heavy atom. The average molecular weight is 412 g/mol. The number of aromatic carboxylic acids is 1. The lowest BCUT2D eigenvalue weighted by atomic mass is 10.1. The third-order valence-corrected chi connectivity index (χ3v) is 4.98. The number of carboxylic acids is 1. The largest absolute Gasteiger partial charge is 0.497 e. The van der Waals surface area contributed by atoms with Gasteiger partial charge in [0.25, 0.3) is 5.91 Å². The second-order valence-corrected chi connectivity index (χ2v) is 7.06. The predicted octanol–water partition coefficient (Wildman–Crippen LogP) is 3.87. The van der Waals surface area contributed by atoms with E-state index in [0.717, 1.165) is 22.6 Å². The number of nitrogens with zero attached hydrogens (tertiary/aromatic N) is 2. The van der Waals surface area contributed by atoms with Gasteiger partial charge in [-0.2, -0.15) is 0 Å². The van der Waals surface area contributed by atoms with Gasteiger partial charge in [-0.05, 0) is 54.1 Å². The lowest BCUT2D eigenvalue weighted by Gasteiger charge is -2.23. The molecule has 0 saturated heterocycles. The van der Waals surface area contributed by atoms with Crippen molar-refractivity contribution in [3.8, 4) is 17.6 Å². The number of ether oxygens (including phenoxy) is 1. The number of hydrogen-bond acceptors (Lipinski definition) is 3. The number of hydrogen-bond donors (Lipinski definition) is 1. The quantitative estimate of drug-likeness (QED) is 0.661. The van der Waals surface area contributed by atoms with E-state index >= 15 is 0 Å². The molecule has 0 spiro atoms. The number of carboxylic acid groups (broad SMARTS) is 1. The molecular formula is C25H20N2O4. The van der Waals surface area contributed by atoms with Crippen LogP contribution >= 0.6 is 0 Å². The van der Waals surface area contributed by atoms with Crippen LogP contribution in [0.25, 0.3) is 6.08 Å². The van der Waals surface area contributed by atoms with Crippen molar-refractivity contribution in [2.75, 3.05) is 7.11 Å². The third-order valence-electron chi connectivity index (χ3n) is 4.98. The SMILES string of the molecule is COc1ccc(CC#Cc2cc3n(c2)CN(C(=O)c2ccc(C(=O)O)cc2)C=C3)cc1. The first-order valence-electron chi connectivity index (χ1n) is 9.68. The molecule has 0 aliphatic carbocycles. The molecule has 2 heterocycles. The molecule has 1 N–H and O–H groups in total. The minimum atomic E-state index is -1.02. The maximum absolute atomic E-state index is 12.7. The van der Waals surface area contributed by atoms with Gasteiger partial charge in [-0.25, -0.2) is 4.79 Å². The van der Waals surface area contributed by atoms with E-state index in [1.54, 1.807) is 18.2 Å². The Labute approximate surface area is 180 Å². The van der Waals surface area contributed by atoms with Gasteiger partial charge in [-0.1, -0.05) is 24.0 Å². The molecule has 0 radical (unpaired) electrons. The normalized spacial score (nSPS) is 12.0. The molecule has 0 bridgehead atoms. The van der Waals surface area contributed by atoms with Gasteiger partial charge in [-0.15, -0.1) is 0 Å². The molecule has 1 amide bonds. The first kappa shape index (κ1) is 20.0. The molecule has 31 heavy (non-hydrogen) atoms. The lowest BCUT2D eigenvalue weighted by Crippen LogP contribution is -2.30. The number of carbonyl (C=O) groups is 2. The van der Waals surface area contributed by atoms with Crippen LogP contribution < -0.4 is 4.74 Å². The zero-order valence-electron chi connectivity index (χ0n) is 16.9. The van der Waals surface area contributed by atoms with E-state index < -0.39 is 5.97 Å². The Kier molecular flexibility index (Phi) is 5.59. The number of rotatable bonds is 4. The Hall–Kier alpha value is -4.24. The van der Waals surface area contributed by atoms with Gasteiger partial charge in [-0.3, -0.25) is 9.69 Å². The maximum Gasteiger partial charge on any atom is 0.335 e. The summed E-state index contributed by atoms with van der Waals surface area (Å²) in [6.45, 7) is 0.367. The Morgan fingerprint density at radius 3 is 2.45 bits per heavy atom. The summed E-state index contributed by atoms with van der Waals surface area (Å²) in [6.07, 6.45) is 6.16. The van der Waals surface area contributed by atoms with Crippen LogP contribution in [-0.2, 0) is 13.1 Å². The zero-order chi connectivity index (χ0) is 21.8. The molecule has 6 heteroatoms.